The van der Waals surface area contributed by atoms with E-state index in [0.717, 1.165) is 25.7 Å². The van der Waals surface area contributed by atoms with E-state index in [2.05, 4.69) is 43.4 Å². The molecule has 0 spiro atoms. The highest BCUT2D eigenvalue weighted by molar-refractivity contribution is 5.22. The summed E-state index contributed by atoms with van der Waals surface area (Å²) in [5.41, 5.74) is 2.14. The SMILES string of the molecule is Cc1cccc(CCC(C)NCC2(O)CCOCC2)c1. The van der Waals surface area contributed by atoms with Gasteiger partial charge in [0.05, 0.1) is 5.60 Å². The molecule has 0 bridgehead atoms. The minimum absolute atomic E-state index is 0.419. The average molecular weight is 277 g/mol. The molecule has 1 atom stereocenters. The first kappa shape index (κ1) is 15.5. The van der Waals surface area contributed by atoms with Crippen LogP contribution >= 0.6 is 0 Å². The zero-order valence-electron chi connectivity index (χ0n) is 12.7. The van der Waals surface area contributed by atoms with Gasteiger partial charge in [0.15, 0.2) is 0 Å². The fourth-order valence-corrected chi connectivity index (χ4v) is 2.65. The van der Waals surface area contributed by atoms with Gasteiger partial charge in [0.2, 0.25) is 0 Å². The van der Waals surface area contributed by atoms with E-state index < -0.39 is 5.60 Å². The molecule has 0 amide bonds. The number of aryl methyl sites for hydroxylation is 2. The Kier molecular flexibility index (Phi) is 5.58. The second-order valence-corrected chi connectivity index (χ2v) is 6.15. The molecule has 3 nitrogen and oxygen atoms in total. The maximum absolute atomic E-state index is 10.4. The van der Waals surface area contributed by atoms with Gasteiger partial charge < -0.3 is 15.2 Å². The van der Waals surface area contributed by atoms with Crippen molar-refractivity contribution in [1.29, 1.82) is 0 Å². The minimum Gasteiger partial charge on any atom is -0.388 e. The van der Waals surface area contributed by atoms with E-state index in [1.165, 1.54) is 11.1 Å². The molecule has 0 radical (unpaired) electrons. The summed E-state index contributed by atoms with van der Waals surface area (Å²) in [5.74, 6) is 0. The lowest BCUT2D eigenvalue weighted by Gasteiger charge is -2.33. The molecule has 1 unspecified atom stereocenters. The Balaban J connectivity index is 1.71. The molecule has 3 heteroatoms. The number of aliphatic hydroxyl groups is 1. The molecular weight excluding hydrogens is 250 g/mol. The lowest BCUT2D eigenvalue weighted by molar-refractivity contribution is -0.0626. The molecule has 1 saturated heterocycles. The van der Waals surface area contributed by atoms with Crippen LogP contribution in [0.5, 0.6) is 0 Å². The van der Waals surface area contributed by atoms with Gasteiger partial charge in [0.25, 0.3) is 0 Å². The molecule has 2 N–H and O–H groups in total. The van der Waals surface area contributed by atoms with E-state index in [4.69, 9.17) is 4.74 Å². The zero-order chi connectivity index (χ0) is 14.4. The number of hydrogen-bond donors (Lipinski definition) is 2. The van der Waals surface area contributed by atoms with Crippen LogP contribution < -0.4 is 5.32 Å². The van der Waals surface area contributed by atoms with Crippen LogP contribution in [0, 0.1) is 6.92 Å². The normalized spacial score (nSPS) is 19.8. The lowest BCUT2D eigenvalue weighted by atomic mass is 9.94. The van der Waals surface area contributed by atoms with E-state index in [0.29, 0.717) is 25.8 Å². The average Bonchev–Trinajstić information content (AvgIpc) is 2.44. The van der Waals surface area contributed by atoms with E-state index in [-0.39, 0.29) is 0 Å². The summed E-state index contributed by atoms with van der Waals surface area (Å²) >= 11 is 0. The quantitative estimate of drug-likeness (QED) is 0.839. The van der Waals surface area contributed by atoms with Crippen LogP contribution in [-0.2, 0) is 11.2 Å². The largest absolute Gasteiger partial charge is 0.388 e. The molecule has 0 aromatic heterocycles. The third kappa shape index (κ3) is 4.89. The first-order valence-electron chi connectivity index (χ1n) is 7.66. The highest BCUT2D eigenvalue weighted by Gasteiger charge is 2.29. The van der Waals surface area contributed by atoms with Gasteiger partial charge in [-0.1, -0.05) is 29.8 Å². The molecule has 0 aliphatic carbocycles. The first-order valence-corrected chi connectivity index (χ1v) is 7.66. The molecule has 2 rings (SSSR count). The van der Waals surface area contributed by atoms with Crippen molar-refractivity contribution < 1.29 is 9.84 Å². The third-order valence-corrected chi connectivity index (χ3v) is 4.15. The highest BCUT2D eigenvalue weighted by atomic mass is 16.5. The number of hydrogen-bond acceptors (Lipinski definition) is 3. The van der Waals surface area contributed by atoms with Crippen molar-refractivity contribution in [3.63, 3.8) is 0 Å². The van der Waals surface area contributed by atoms with Crippen LogP contribution in [0.2, 0.25) is 0 Å². The highest BCUT2D eigenvalue weighted by Crippen LogP contribution is 2.19. The molecule has 112 valence electrons. The van der Waals surface area contributed by atoms with Gasteiger partial charge in [-0.15, -0.1) is 0 Å². The fraction of sp³-hybridized carbons (Fsp3) is 0.647. The van der Waals surface area contributed by atoms with Crippen molar-refractivity contribution in [2.45, 2.75) is 51.2 Å². The van der Waals surface area contributed by atoms with Crippen LogP contribution in [0.4, 0.5) is 0 Å². The smallest absolute Gasteiger partial charge is 0.0815 e. The number of rotatable bonds is 6. The predicted molar refractivity (Wildman–Crippen MR) is 82.0 cm³/mol. The summed E-state index contributed by atoms with van der Waals surface area (Å²) in [6.07, 6.45) is 3.66. The second kappa shape index (κ2) is 7.21. The molecule has 1 heterocycles. The molecule has 1 aromatic rings. The van der Waals surface area contributed by atoms with Crippen molar-refractivity contribution >= 4 is 0 Å². The van der Waals surface area contributed by atoms with E-state index in [1.807, 2.05) is 0 Å². The Bertz CT molecular complexity index is 413. The minimum atomic E-state index is -0.574. The van der Waals surface area contributed by atoms with Gasteiger partial charge in [-0.05, 0) is 32.3 Å². The van der Waals surface area contributed by atoms with Crippen molar-refractivity contribution in [2.75, 3.05) is 19.8 Å². The van der Waals surface area contributed by atoms with Crippen molar-refractivity contribution in [1.82, 2.24) is 5.32 Å². The Morgan fingerprint density at radius 2 is 2.10 bits per heavy atom. The van der Waals surface area contributed by atoms with Crippen LogP contribution in [0.25, 0.3) is 0 Å². The Hall–Kier alpha value is -0.900. The predicted octanol–water partition coefficient (Wildman–Crippen LogP) is 2.45. The first-order chi connectivity index (χ1) is 9.57. The van der Waals surface area contributed by atoms with Gasteiger partial charge in [-0.25, -0.2) is 0 Å². The van der Waals surface area contributed by atoms with Gasteiger partial charge in [0, 0.05) is 38.6 Å². The summed E-state index contributed by atoms with van der Waals surface area (Å²) in [6.45, 7) is 6.35. The maximum atomic E-state index is 10.4. The number of benzene rings is 1. The number of ether oxygens (including phenoxy) is 1. The van der Waals surface area contributed by atoms with Crippen LogP contribution in [0.1, 0.15) is 37.3 Å². The van der Waals surface area contributed by atoms with Crippen molar-refractivity contribution in [3.05, 3.63) is 35.4 Å². The van der Waals surface area contributed by atoms with Crippen molar-refractivity contribution in [3.8, 4) is 0 Å². The lowest BCUT2D eigenvalue weighted by Crippen LogP contribution is -2.47. The monoisotopic (exact) mass is 277 g/mol. The second-order valence-electron chi connectivity index (χ2n) is 6.15. The van der Waals surface area contributed by atoms with E-state index in [1.54, 1.807) is 0 Å². The van der Waals surface area contributed by atoms with Crippen LogP contribution in [-0.4, -0.2) is 36.5 Å². The molecule has 1 aliphatic rings. The third-order valence-electron chi connectivity index (χ3n) is 4.15. The molecule has 20 heavy (non-hydrogen) atoms. The van der Waals surface area contributed by atoms with E-state index in [9.17, 15) is 5.11 Å². The standard InChI is InChI=1S/C17H27NO2/c1-14-4-3-5-16(12-14)7-6-15(2)18-13-17(19)8-10-20-11-9-17/h3-5,12,15,18-19H,6-11,13H2,1-2H3. The number of nitrogens with one attached hydrogen (secondary N) is 1. The van der Waals surface area contributed by atoms with Gasteiger partial charge >= 0.3 is 0 Å². The molecular formula is C17H27NO2. The maximum Gasteiger partial charge on any atom is 0.0815 e. The molecule has 0 saturated carbocycles. The van der Waals surface area contributed by atoms with Crippen LogP contribution in [0.3, 0.4) is 0 Å². The summed E-state index contributed by atoms with van der Waals surface area (Å²) in [6, 6.07) is 9.10. The van der Waals surface area contributed by atoms with Gasteiger partial charge in [-0.2, -0.15) is 0 Å². The Labute approximate surface area is 122 Å². The summed E-state index contributed by atoms with van der Waals surface area (Å²) in [5, 5.41) is 13.9. The summed E-state index contributed by atoms with van der Waals surface area (Å²) < 4.78 is 5.30. The van der Waals surface area contributed by atoms with E-state index >= 15 is 0 Å². The molecule has 1 aliphatic heterocycles. The molecule has 1 aromatic carbocycles. The molecule has 1 fully saturated rings. The zero-order valence-corrected chi connectivity index (χ0v) is 12.7. The fourth-order valence-electron chi connectivity index (χ4n) is 2.65. The topological polar surface area (TPSA) is 41.5 Å². The Morgan fingerprint density at radius 1 is 1.35 bits per heavy atom. The summed E-state index contributed by atoms with van der Waals surface area (Å²) in [7, 11) is 0. The van der Waals surface area contributed by atoms with Gasteiger partial charge in [-0.3, -0.25) is 0 Å². The van der Waals surface area contributed by atoms with Crippen LogP contribution in [0.15, 0.2) is 24.3 Å². The summed E-state index contributed by atoms with van der Waals surface area (Å²) in [4.78, 5) is 0. The van der Waals surface area contributed by atoms with Gasteiger partial charge in [0.1, 0.15) is 0 Å². The van der Waals surface area contributed by atoms with Crippen molar-refractivity contribution in [2.24, 2.45) is 0 Å². The Morgan fingerprint density at radius 3 is 2.80 bits per heavy atom.